The number of anilines is 1. The summed E-state index contributed by atoms with van der Waals surface area (Å²) in [5.41, 5.74) is 7.89. The van der Waals surface area contributed by atoms with Crippen molar-refractivity contribution in [3.05, 3.63) is 34.9 Å². The van der Waals surface area contributed by atoms with Gasteiger partial charge in [-0.1, -0.05) is 28.9 Å². The van der Waals surface area contributed by atoms with Crippen LogP contribution in [0.2, 0.25) is 5.02 Å². The van der Waals surface area contributed by atoms with Crippen LogP contribution < -0.4 is 5.73 Å². The largest absolute Gasteiger partial charge is 0.367 e. The van der Waals surface area contributed by atoms with Crippen molar-refractivity contribution in [2.75, 3.05) is 12.8 Å². The van der Waals surface area contributed by atoms with Crippen molar-refractivity contribution in [2.24, 2.45) is 4.99 Å². The van der Waals surface area contributed by atoms with Gasteiger partial charge in [0.05, 0.1) is 5.56 Å². The first-order chi connectivity index (χ1) is 7.72. The minimum atomic E-state index is 0.260. The standard InChI is InChI=1S/C11H10ClN3O/c1-14-6-9-10(15-16-11(9)13)7-2-4-8(12)5-3-7/h2-6H,13H2,1H3/b14-6+. The maximum atomic E-state index is 5.81. The highest BCUT2D eigenvalue weighted by molar-refractivity contribution is 6.30. The van der Waals surface area contributed by atoms with Gasteiger partial charge in [-0.3, -0.25) is 4.99 Å². The first kappa shape index (κ1) is 10.7. The van der Waals surface area contributed by atoms with Crippen LogP contribution in [0.5, 0.6) is 0 Å². The number of aromatic nitrogens is 1. The highest BCUT2D eigenvalue weighted by Crippen LogP contribution is 2.26. The number of hydrogen-bond acceptors (Lipinski definition) is 4. The van der Waals surface area contributed by atoms with Gasteiger partial charge in [0.15, 0.2) is 0 Å². The molecule has 0 aliphatic heterocycles. The Hall–Kier alpha value is -1.81. The smallest absolute Gasteiger partial charge is 0.231 e. The van der Waals surface area contributed by atoms with Crippen molar-refractivity contribution in [1.82, 2.24) is 5.16 Å². The van der Waals surface area contributed by atoms with E-state index in [4.69, 9.17) is 21.9 Å². The molecule has 0 amide bonds. The van der Waals surface area contributed by atoms with Gasteiger partial charge in [0, 0.05) is 23.8 Å². The van der Waals surface area contributed by atoms with Crippen LogP contribution in [0.3, 0.4) is 0 Å². The van der Waals surface area contributed by atoms with Crippen LogP contribution >= 0.6 is 11.6 Å². The molecule has 0 spiro atoms. The highest BCUT2D eigenvalue weighted by Gasteiger charge is 2.13. The van der Waals surface area contributed by atoms with Gasteiger partial charge < -0.3 is 10.3 Å². The number of nitrogen functional groups attached to an aromatic ring is 1. The van der Waals surface area contributed by atoms with E-state index >= 15 is 0 Å². The molecule has 82 valence electrons. The Morgan fingerprint density at radius 2 is 2.06 bits per heavy atom. The number of nitrogens with two attached hydrogens (primary N) is 1. The summed E-state index contributed by atoms with van der Waals surface area (Å²) in [7, 11) is 1.66. The summed E-state index contributed by atoms with van der Waals surface area (Å²) in [6.07, 6.45) is 1.62. The van der Waals surface area contributed by atoms with Crippen molar-refractivity contribution in [2.45, 2.75) is 0 Å². The lowest BCUT2D eigenvalue weighted by Crippen LogP contribution is -1.90. The molecular weight excluding hydrogens is 226 g/mol. The van der Waals surface area contributed by atoms with E-state index in [0.717, 1.165) is 5.56 Å². The topological polar surface area (TPSA) is 64.4 Å². The van der Waals surface area contributed by atoms with E-state index in [0.29, 0.717) is 16.3 Å². The second-order valence-electron chi connectivity index (χ2n) is 3.20. The zero-order valence-electron chi connectivity index (χ0n) is 8.64. The van der Waals surface area contributed by atoms with Crippen LogP contribution in [0.1, 0.15) is 5.56 Å². The summed E-state index contributed by atoms with van der Waals surface area (Å²) in [4.78, 5) is 3.91. The molecule has 0 saturated carbocycles. The van der Waals surface area contributed by atoms with Gasteiger partial charge in [-0.2, -0.15) is 0 Å². The van der Waals surface area contributed by atoms with Crippen molar-refractivity contribution in [3.63, 3.8) is 0 Å². The number of hydrogen-bond donors (Lipinski definition) is 1. The Bertz CT molecular complexity index is 517. The first-order valence-corrected chi connectivity index (χ1v) is 5.03. The minimum absolute atomic E-state index is 0.260. The molecule has 0 atom stereocenters. The summed E-state index contributed by atoms with van der Waals surface area (Å²) >= 11 is 5.81. The quantitative estimate of drug-likeness (QED) is 0.814. The van der Waals surface area contributed by atoms with Crippen molar-refractivity contribution in [1.29, 1.82) is 0 Å². The molecule has 0 saturated heterocycles. The van der Waals surface area contributed by atoms with E-state index in [1.54, 1.807) is 25.4 Å². The molecule has 0 aliphatic carbocycles. The molecule has 2 N–H and O–H groups in total. The summed E-state index contributed by atoms with van der Waals surface area (Å²) < 4.78 is 4.94. The van der Waals surface area contributed by atoms with Crippen LogP contribution in [-0.2, 0) is 0 Å². The van der Waals surface area contributed by atoms with Crippen LogP contribution in [0.25, 0.3) is 11.3 Å². The Balaban J connectivity index is 2.51. The number of rotatable bonds is 2. The molecule has 1 heterocycles. The van der Waals surface area contributed by atoms with Crippen molar-refractivity contribution >= 4 is 23.7 Å². The Morgan fingerprint density at radius 3 is 2.69 bits per heavy atom. The molecule has 0 aliphatic rings. The van der Waals surface area contributed by atoms with Gasteiger partial charge >= 0.3 is 0 Å². The van der Waals surface area contributed by atoms with Gasteiger partial charge in [-0.05, 0) is 12.1 Å². The van der Waals surface area contributed by atoms with E-state index < -0.39 is 0 Å². The fourth-order valence-corrected chi connectivity index (χ4v) is 1.51. The van der Waals surface area contributed by atoms with E-state index in [1.165, 1.54) is 0 Å². The summed E-state index contributed by atoms with van der Waals surface area (Å²) in [5.74, 6) is 0.260. The van der Waals surface area contributed by atoms with E-state index in [1.807, 2.05) is 12.1 Å². The second kappa shape index (κ2) is 4.37. The molecule has 4 nitrogen and oxygen atoms in total. The molecule has 2 aromatic rings. The molecule has 5 heteroatoms. The second-order valence-corrected chi connectivity index (χ2v) is 3.64. The molecule has 0 fully saturated rings. The van der Waals surface area contributed by atoms with Gasteiger partial charge in [-0.25, -0.2) is 0 Å². The van der Waals surface area contributed by atoms with E-state index in [2.05, 4.69) is 10.1 Å². The molecule has 0 unspecified atom stereocenters. The predicted molar refractivity (Wildman–Crippen MR) is 64.9 cm³/mol. The molecule has 2 rings (SSSR count). The van der Waals surface area contributed by atoms with E-state index in [9.17, 15) is 0 Å². The number of nitrogens with zero attached hydrogens (tertiary/aromatic N) is 2. The van der Waals surface area contributed by atoms with E-state index in [-0.39, 0.29) is 5.88 Å². The fourth-order valence-electron chi connectivity index (χ4n) is 1.38. The Morgan fingerprint density at radius 1 is 1.38 bits per heavy atom. The monoisotopic (exact) mass is 235 g/mol. The Labute approximate surface area is 97.7 Å². The van der Waals surface area contributed by atoms with Gasteiger partial charge in [-0.15, -0.1) is 0 Å². The SMILES string of the molecule is C/N=C/c1c(-c2ccc(Cl)cc2)noc1N. The third-order valence-corrected chi connectivity index (χ3v) is 2.38. The predicted octanol–water partition coefficient (Wildman–Crippen LogP) is 2.63. The summed E-state index contributed by atoms with van der Waals surface area (Å²) in [5, 5.41) is 4.57. The first-order valence-electron chi connectivity index (χ1n) is 4.65. The summed E-state index contributed by atoms with van der Waals surface area (Å²) in [6.45, 7) is 0. The van der Waals surface area contributed by atoms with Gasteiger partial charge in [0.25, 0.3) is 0 Å². The average molecular weight is 236 g/mol. The third-order valence-electron chi connectivity index (χ3n) is 2.13. The molecule has 16 heavy (non-hydrogen) atoms. The Kier molecular flexibility index (Phi) is 2.92. The maximum Gasteiger partial charge on any atom is 0.231 e. The average Bonchev–Trinajstić information content (AvgIpc) is 2.63. The zero-order chi connectivity index (χ0) is 11.5. The van der Waals surface area contributed by atoms with Crippen molar-refractivity contribution < 1.29 is 4.52 Å². The molecule has 0 radical (unpaired) electrons. The number of benzene rings is 1. The zero-order valence-corrected chi connectivity index (χ0v) is 9.40. The lowest BCUT2D eigenvalue weighted by molar-refractivity contribution is 0.439. The third kappa shape index (κ3) is 1.92. The molecule has 1 aromatic carbocycles. The van der Waals surface area contributed by atoms with Crippen molar-refractivity contribution in [3.8, 4) is 11.3 Å². The lowest BCUT2D eigenvalue weighted by atomic mass is 10.1. The van der Waals surface area contributed by atoms with Gasteiger partial charge in [0.2, 0.25) is 5.88 Å². The normalized spacial score (nSPS) is 11.1. The fraction of sp³-hybridized carbons (Fsp3) is 0.0909. The van der Waals surface area contributed by atoms with Crippen LogP contribution in [0, 0.1) is 0 Å². The molecule has 1 aromatic heterocycles. The number of aliphatic imine (C=N–C) groups is 1. The van der Waals surface area contributed by atoms with Gasteiger partial charge in [0.1, 0.15) is 5.69 Å². The minimum Gasteiger partial charge on any atom is -0.367 e. The highest BCUT2D eigenvalue weighted by atomic mass is 35.5. The van der Waals surface area contributed by atoms with Crippen LogP contribution in [0.4, 0.5) is 5.88 Å². The summed E-state index contributed by atoms with van der Waals surface area (Å²) in [6, 6.07) is 7.28. The maximum absolute atomic E-state index is 5.81. The van der Waals surface area contributed by atoms with Crippen LogP contribution in [0.15, 0.2) is 33.8 Å². The van der Waals surface area contributed by atoms with Crippen LogP contribution in [-0.4, -0.2) is 18.4 Å². The molecular formula is C11H10ClN3O. The molecule has 0 bridgehead atoms. The number of halogens is 1. The lowest BCUT2D eigenvalue weighted by Gasteiger charge is -1.97.